The summed E-state index contributed by atoms with van der Waals surface area (Å²) >= 11 is 5.18. The Balaban J connectivity index is 2.19. The van der Waals surface area contributed by atoms with E-state index in [4.69, 9.17) is 17.0 Å². The Bertz CT molecular complexity index is 810. The molecule has 0 unspecified atom stereocenters. The minimum absolute atomic E-state index is 0.144. The smallest absolute Gasteiger partial charge is 0.262 e. The molecule has 7 heteroatoms. The first-order valence-electron chi connectivity index (χ1n) is 7.71. The second-order valence-electron chi connectivity index (χ2n) is 5.05. The molecule has 2 N–H and O–H groups in total. The lowest BCUT2D eigenvalue weighted by Crippen LogP contribution is -2.26. The van der Waals surface area contributed by atoms with Crippen LogP contribution < -0.4 is 10.9 Å². The summed E-state index contributed by atoms with van der Waals surface area (Å²) in [4.78, 5) is 27.4. The zero-order valence-corrected chi connectivity index (χ0v) is 14.2. The Hall–Kier alpha value is -1.99. The van der Waals surface area contributed by atoms with Gasteiger partial charge in [-0.15, -0.1) is 0 Å². The van der Waals surface area contributed by atoms with Crippen molar-refractivity contribution in [1.29, 1.82) is 0 Å². The minimum Gasteiger partial charge on any atom is -0.382 e. The van der Waals surface area contributed by atoms with Gasteiger partial charge in [-0.25, -0.2) is 0 Å². The summed E-state index contributed by atoms with van der Waals surface area (Å²) in [5.74, 6) is -0.178. The van der Waals surface area contributed by atoms with Gasteiger partial charge in [-0.3, -0.25) is 14.2 Å². The molecule has 0 atom stereocenters. The van der Waals surface area contributed by atoms with Crippen LogP contribution in [0.3, 0.4) is 0 Å². The largest absolute Gasteiger partial charge is 0.382 e. The highest BCUT2D eigenvalue weighted by atomic mass is 32.1. The van der Waals surface area contributed by atoms with Crippen molar-refractivity contribution in [2.24, 2.45) is 0 Å². The van der Waals surface area contributed by atoms with Crippen molar-refractivity contribution >= 4 is 29.0 Å². The molecule has 0 saturated heterocycles. The fourth-order valence-electron chi connectivity index (χ4n) is 2.31. The van der Waals surface area contributed by atoms with Gasteiger partial charge in [0.2, 0.25) is 0 Å². The van der Waals surface area contributed by atoms with E-state index in [0.717, 1.165) is 6.42 Å². The number of benzene rings is 1. The fraction of sp³-hybridized carbons (Fsp3) is 0.438. The minimum atomic E-state index is -0.178. The summed E-state index contributed by atoms with van der Waals surface area (Å²) in [6, 6.07) is 4.97. The number of fused-ring (bicyclic) bond motifs is 1. The first-order valence-corrected chi connectivity index (χ1v) is 8.12. The molecule has 0 aliphatic carbocycles. The molecule has 124 valence electrons. The number of amides is 1. The zero-order chi connectivity index (χ0) is 16.8. The number of hydrogen-bond donors (Lipinski definition) is 2. The van der Waals surface area contributed by atoms with Crippen LogP contribution in [0.5, 0.6) is 0 Å². The highest BCUT2D eigenvalue weighted by Crippen LogP contribution is 2.11. The summed E-state index contributed by atoms with van der Waals surface area (Å²) < 4.78 is 7.07. The third kappa shape index (κ3) is 4.05. The lowest BCUT2D eigenvalue weighted by Gasteiger charge is -2.08. The normalized spacial score (nSPS) is 10.9. The van der Waals surface area contributed by atoms with Crippen LogP contribution in [0, 0.1) is 4.77 Å². The van der Waals surface area contributed by atoms with E-state index in [1.54, 1.807) is 18.2 Å². The van der Waals surface area contributed by atoms with E-state index in [9.17, 15) is 9.59 Å². The van der Waals surface area contributed by atoms with E-state index < -0.39 is 0 Å². The van der Waals surface area contributed by atoms with Gasteiger partial charge < -0.3 is 15.0 Å². The van der Waals surface area contributed by atoms with Crippen molar-refractivity contribution in [3.8, 4) is 0 Å². The van der Waals surface area contributed by atoms with Crippen molar-refractivity contribution in [3.05, 3.63) is 38.9 Å². The van der Waals surface area contributed by atoms with E-state index in [2.05, 4.69) is 10.3 Å². The number of carbonyl (C=O) groups is 1. The molecule has 0 bridgehead atoms. The van der Waals surface area contributed by atoms with Crippen molar-refractivity contribution in [2.75, 3.05) is 19.8 Å². The lowest BCUT2D eigenvalue weighted by molar-refractivity contribution is 0.0944. The van der Waals surface area contributed by atoms with Gasteiger partial charge in [-0.05, 0) is 50.7 Å². The number of aromatic amines is 1. The average molecular weight is 335 g/mol. The second kappa shape index (κ2) is 8.03. The van der Waals surface area contributed by atoms with Gasteiger partial charge in [-0.1, -0.05) is 0 Å². The standard InChI is InChI=1S/C16H21N3O3S/c1-3-19-15(21)12-7-6-11(10-13(12)18-16(19)23)14(20)17-8-5-9-22-4-2/h6-7,10H,3-5,8-9H2,1-2H3,(H,17,20)(H,18,23). The number of aromatic nitrogens is 2. The molecule has 1 heterocycles. The van der Waals surface area contributed by atoms with Gasteiger partial charge in [0.05, 0.1) is 10.9 Å². The van der Waals surface area contributed by atoms with Crippen LogP contribution in [-0.4, -0.2) is 35.2 Å². The highest BCUT2D eigenvalue weighted by molar-refractivity contribution is 7.71. The van der Waals surface area contributed by atoms with E-state index in [1.807, 2.05) is 13.8 Å². The summed E-state index contributed by atoms with van der Waals surface area (Å²) in [5, 5.41) is 3.35. The van der Waals surface area contributed by atoms with Crippen molar-refractivity contribution in [2.45, 2.75) is 26.8 Å². The quantitative estimate of drug-likeness (QED) is 0.601. The maximum Gasteiger partial charge on any atom is 0.262 e. The first-order chi connectivity index (χ1) is 11.1. The van der Waals surface area contributed by atoms with Crippen LogP contribution in [0.2, 0.25) is 0 Å². The molecule has 1 aromatic carbocycles. The molecule has 0 spiro atoms. The van der Waals surface area contributed by atoms with Gasteiger partial charge in [0.15, 0.2) is 4.77 Å². The Kier molecular flexibility index (Phi) is 6.06. The third-order valence-corrected chi connectivity index (χ3v) is 3.84. The summed E-state index contributed by atoms with van der Waals surface area (Å²) in [5.41, 5.74) is 0.926. The molecule has 1 amide bonds. The van der Waals surface area contributed by atoms with E-state index >= 15 is 0 Å². The SMILES string of the molecule is CCOCCCNC(=O)c1ccc2c(=O)n(CC)c(=S)[nH]c2c1. The number of hydrogen-bond acceptors (Lipinski definition) is 4. The molecule has 0 aliphatic heterocycles. The predicted octanol–water partition coefficient (Wildman–Crippen LogP) is 2.24. The van der Waals surface area contributed by atoms with E-state index in [0.29, 0.717) is 47.5 Å². The Morgan fingerprint density at radius 2 is 2.17 bits per heavy atom. The Morgan fingerprint density at radius 3 is 2.87 bits per heavy atom. The van der Waals surface area contributed by atoms with Gasteiger partial charge >= 0.3 is 0 Å². The van der Waals surface area contributed by atoms with Crippen LogP contribution in [0.15, 0.2) is 23.0 Å². The molecule has 2 rings (SSSR count). The van der Waals surface area contributed by atoms with E-state index in [-0.39, 0.29) is 11.5 Å². The van der Waals surface area contributed by atoms with Crippen molar-refractivity contribution < 1.29 is 9.53 Å². The van der Waals surface area contributed by atoms with Crippen LogP contribution in [-0.2, 0) is 11.3 Å². The van der Waals surface area contributed by atoms with Gasteiger partial charge in [0.25, 0.3) is 11.5 Å². The molecule has 0 saturated carbocycles. The summed E-state index contributed by atoms with van der Waals surface area (Å²) in [7, 11) is 0. The molecule has 1 aromatic heterocycles. The molecular formula is C16H21N3O3S. The third-order valence-electron chi connectivity index (χ3n) is 3.52. The van der Waals surface area contributed by atoms with Crippen molar-refractivity contribution in [3.63, 3.8) is 0 Å². The molecule has 2 aromatic rings. The van der Waals surface area contributed by atoms with Crippen LogP contribution in [0.25, 0.3) is 10.9 Å². The molecule has 0 aliphatic rings. The van der Waals surface area contributed by atoms with Gasteiger partial charge in [-0.2, -0.15) is 0 Å². The number of nitrogens with one attached hydrogen (secondary N) is 2. The lowest BCUT2D eigenvalue weighted by atomic mass is 10.1. The number of H-pyrrole nitrogens is 1. The van der Waals surface area contributed by atoms with Gasteiger partial charge in [0.1, 0.15) is 0 Å². The van der Waals surface area contributed by atoms with Crippen molar-refractivity contribution in [1.82, 2.24) is 14.9 Å². The zero-order valence-electron chi connectivity index (χ0n) is 13.3. The topological polar surface area (TPSA) is 76.1 Å². The van der Waals surface area contributed by atoms with E-state index in [1.165, 1.54) is 4.57 Å². The van der Waals surface area contributed by atoms with Crippen LogP contribution in [0.4, 0.5) is 0 Å². The number of nitrogens with zero attached hydrogens (tertiary/aromatic N) is 1. The highest BCUT2D eigenvalue weighted by Gasteiger charge is 2.09. The first kappa shape index (κ1) is 17.4. The number of carbonyl (C=O) groups excluding carboxylic acids is 1. The maximum absolute atomic E-state index is 12.3. The number of ether oxygens (including phenoxy) is 1. The molecule has 6 nitrogen and oxygen atoms in total. The Morgan fingerprint density at radius 1 is 1.39 bits per heavy atom. The fourth-order valence-corrected chi connectivity index (χ4v) is 2.63. The average Bonchev–Trinajstić information content (AvgIpc) is 2.54. The predicted molar refractivity (Wildman–Crippen MR) is 92.5 cm³/mol. The van der Waals surface area contributed by atoms with Crippen LogP contribution in [0.1, 0.15) is 30.6 Å². The monoisotopic (exact) mass is 335 g/mol. The molecule has 23 heavy (non-hydrogen) atoms. The summed E-state index contributed by atoms with van der Waals surface area (Å²) in [6.45, 7) is 6.15. The van der Waals surface area contributed by atoms with Gasteiger partial charge in [0, 0.05) is 31.9 Å². The summed E-state index contributed by atoms with van der Waals surface area (Å²) in [6.07, 6.45) is 0.761. The molecular weight excluding hydrogens is 314 g/mol. The maximum atomic E-state index is 12.3. The molecule has 0 fully saturated rings. The number of rotatable bonds is 7. The molecule has 0 radical (unpaired) electrons. The van der Waals surface area contributed by atoms with Crippen LogP contribution >= 0.6 is 12.2 Å². The second-order valence-corrected chi connectivity index (χ2v) is 5.43. The Labute approximate surface area is 139 Å².